The van der Waals surface area contributed by atoms with Gasteiger partial charge in [0.05, 0.1) is 6.54 Å². The number of nitrogens with one attached hydrogen (secondary N) is 1. The van der Waals surface area contributed by atoms with E-state index in [1.165, 1.54) is 8.61 Å². The minimum Gasteiger partial charge on any atom is -0.454 e. The molecule has 0 spiro atoms. The highest BCUT2D eigenvalue weighted by Crippen LogP contribution is 2.34. The Morgan fingerprint density at radius 2 is 1.76 bits per heavy atom. The molecule has 0 aromatic heterocycles. The minimum absolute atomic E-state index is 0.141. The molecular weight excluding hydrogens is 418 g/mol. The van der Waals surface area contributed by atoms with Gasteiger partial charge in [0, 0.05) is 36.4 Å². The number of fused-ring (bicyclic) bond motifs is 1. The molecule has 8 nitrogen and oxygen atoms in total. The maximum atomic E-state index is 12.9. The first-order valence-corrected chi connectivity index (χ1v) is 10.9. The second kappa shape index (κ2) is 8.19. The number of nitrogens with zero attached hydrogens (tertiary/aromatic N) is 2. The molecule has 0 atom stereocenters. The lowest BCUT2D eigenvalue weighted by atomic mass is 10.2. The third-order valence-electron chi connectivity index (χ3n) is 4.72. The standard InChI is InChI=1S/C19H20ClN3O5S/c20-15-4-2-14(3-5-15)11-22-8-1-9-23(29(22,25)26)12-19(24)21-16-6-7-17-18(10-16)28-13-27-17/h2-7,10H,1,8-9,11-13H2,(H,21,24). The van der Waals surface area contributed by atoms with Crippen LogP contribution >= 0.6 is 11.6 Å². The van der Waals surface area contributed by atoms with Crippen LogP contribution in [0.2, 0.25) is 5.02 Å². The Bertz CT molecular complexity index is 1010. The number of carbonyl (C=O) groups excluding carboxylic acids is 1. The number of ether oxygens (including phenoxy) is 2. The lowest BCUT2D eigenvalue weighted by Crippen LogP contribution is -2.51. The van der Waals surface area contributed by atoms with Crippen LogP contribution in [0.1, 0.15) is 12.0 Å². The van der Waals surface area contributed by atoms with E-state index in [0.717, 1.165) is 5.56 Å². The van der Waals surface area contributed by atoms with Gasteiger partial charge in [-0.15, -0.1) is 0 Å². The van der Waals surface area contributed by atoms with E-state index in [-0.39, 0.29) is 19.9 Å². The molecule has 154 valence electrons. The summed E-state index contributed by atoms with van der Waals surface area (Å²) < 4.78 is 39.0. The average Bonchev–Trinajstić information content (AvgIpc) is 3.14. The molecule has 1 fully saturated rings. The van der Waals surface area contributed by atoms with Crippen molar-refractivity contribution in [3.63, 3.8) is 0 Å². The van der Waals surface area contributed by atoms with Gasteiger partial charge in [-0.05, 0) is 36.2 Å². The van der Waals surface area contributed by atoms with Gasteiger partial charge in [-0.2, -0.15) is 17.0 Å². The number of carbonyl (C=O) groups is 1. The van der Waals surface area contributed by atoms with Crippen molar-refractivity contribution < 1.29 is 22.7 Å². The molecule has 1 saturated heterocycles. The Hall–Kier alpha value is -2.33. The van der Waals surface area contributed by atoms with Crippen LogP contribution in [0.4, 0.5) is 5.69 Å². The Morgan fingerprint density at radius 3 is 2.55 bits per heavy atom. The molecule has 10 heteroatoms. The number of amides is 1. The van der Waals surface area contributed by atoms with Crippen LogP contribution in [-0.4, -0.2) is 49.4 Å². The second-order valence-electron chi connectivity index (χ2n) is 6.77. The summed E-state index contributed by atoms with van der Waals surface area (Å²) in [7, 11) is -3.74. The van der Waals surface area contributed by atoms with Gasteiger partial charge in [-0.1, -0.05) is 23.7 Å². The van der Waals surface area contributed by atoms with E-state index in [4.69, 9.17) is 21.1 Å². The van der Waals surface area contributed by atoms with Crippen molar-refractivity contribution in [1.82, 2.24) is 8.61 Å². The fourth-order valence-electron chi connectivity index (χ4n) is 3.27. The van der Waals surface area contributed by atoms with Crippen molar-refractivity contribution in [2.24, 2.45) is 0 Å². The highest BCUT2D eigenvalue weighted by molar-refractivity contribution is 7.86. The average molecular weight is 438 g/mol. The van der Waals surface area contributed by atoms with Gasteiger partial charge in [-0.3, -0.25) is 4.79 Å². The Labute approximate surface area is 174 Å². The van der Waals surface area contributed by atoms with Crippen LogP contribution in [0.25, 0.3) is 0 Å². The molecule has 0 bridgehead atoms. The van der Waals surface area contributed by atoms with Crippen molar-refractivity contribution in [2.45, 2.75) is 13.0 Å². The maximum absolute atomic E-state index is 12.9. The first-order valence-electron chi connectivity index (χ1n) is 9.11. The third kappa shape index (κ3) is 4.48. The molecule has 0 saturated carbocycles. The number of hydrogen-bond acceptors (Lipinski definition) is 5. The second-order valence-corrected chi connectivity index (χ2v) is 9.14. The zero-order chi connectivity index (χ0) is 20.4. The highest BCUT2D eigenvalue weighted by Gasteiger charge is 2.34. The zero-order valence-electron chi connectivity index (χ0n) is 15.5. The van der Waals surface area contributed by atoms with E-state index >= 15 is 0 Å². The van der Waals surface area contributed by atoms with Gasteiger partial charge in [0.15, 0.2) is 11.5 Å². The molecule has 1 N–H and O–H groups in total. The van der Waals surface area contributed by atoms with Crippen molar-refractivity contribution >= 4 is 33.4 Å². The topological polar surface area (TPSA) is 88.2 Å². The molecule has 2 aromatic rings. The predicted octanol–water partition coefficient (Wildman–Crippen LogP) is 2.46. The minimum atomic E-state index is -3.74. The summed E-state index contributed by atoms with van der Waals surface area (Å²) in [5, 5.41) is 3.31. The van der Waals surface area contributed by atoms with Gasteiger partial charge >= 0.3 is 0 Å². The van der Waals surface area contributed by atoms with Crippen molar-refractivity contribution in [3.05, 3.63) is 53.1 Å². The maximum Gasteiger partial charge on any atom is 0.282 e. The van der Waals surface area contributed by atoms with Gasteiger partial charge in [0.1, 0.15) is 0 Å². The molecule has 2 aromatic carbocycles. The third-order valence-corrected chi connectivity index (χ3v) is 6.90. The fraction of sp³-hybridized carbons (Fsp3) is 0.316. The molecule has 2 aliphatic heterocycles. The van der Waals surface area contributed by atoms with E-state index in [0.29, 0.717) is 41.7 Å². The smallest absolute Gasteiger partial charge is 0.282 e. The van der Waals surface area contributed by atoms with Gasteiger partial charge < -0.3 is 14.8 Å². The Kier molecular flexibility index (Phi) is 5.64. The van der Waals surface area contributed by atoms with Crippen molar-refractivity contribution in [2.75, 3.05) is 31.7 Å². The molecule has 4 rings (SSSR count). The van der Waals surface area contributed by atoms with Crippen LogP contribution in [-0.2, 0) is 21.5 Å². The van der Waals surface area contributed by atoms with Crippen LogP contribution in [0.15, 0.2) is 42.5 Å². The quantitative estimate of drug-likeness (QED) is 0.776. The zero-order valence-corrected chi connectivity index (χ0v) is 17.1. The summed E-state index contributed by atoms with van der Waals surface area (Å²) in [6.07, 6.45) is 0.643. The van der Waals surface area contributed by atoms with Gasteiger partial charge in [0.2, 0.25) is 12.7 Å². The molecule has 0 aliphatic carbocycles. The van der Waals surface area contributed by atoms with Crippen LogP contribution in [0, 0.1) is 0 Å². The number of halogens is 1. The molecule has 2 aliphatic rings. The highest BCUT2D eigenvalue weighted by atomic mass is 35.5. The Morgan fingerprint density at radius 1 is 1.03 bits per heavy atom. The molecule has 0 radical (unpaired) electrons. The largest absolute Gasteiger partial charge is 0.454 e. The lowest BCUT2D eigenvalue weighted by Gasteiger charge is -2.34. The molecule has 29 heavy (non-hydrogen) atoms. The molecule has 0 unspecified atom stereocenters. The molecule has 2 heterocycles. The lowest BCUT2D eigenvalue weighted by molar-refractivity contribution is -0.116. The normalized spacial score (nSPS) is 18.5. The number of rotatable bonds is 5. The van der Waals surface area contributed by atoms with E-state index in [9.17, 15) is 13.2 Å². The van der Waals surface area contributed by atoms with Gasteiger partial charge in [0.25, 0.3) is 10.2 Å². The number of hydrogen-bond donors (Lipinski definition) is 1. The van der Waals surface area contributed by atoms with Crippen molar-refractivity contribution in [3.8, 4) is 11.5 Å². The van der Waals surface area contributed by atoms with Crippen LogP contribution in [0.5, 0.6) is 11.5 Å². The molecular formula is C19H20ClN3O5S. The van der Waals surface area contributed by atoms with Crippen LogP contribution < -0.4 is 14.8 Å². The summed E-state index contributed by atoms with van der Waals surface area (Å²) in [5.74, 6) is 0.739. The summed E-state index contributed by atoms with van der Waals surface area (Å²) in [4.78, 5) is 12.4. The first-order chi connectivity index (χ1) is 13.9. The fourth-order valence-corrected chi connectivity index (χ4v) is 5.03. The first kappa shape index (κ1) is 20.0. The van der Waals surface area contributed by atoms with Crippen LogP contribution in [0.3, 0.4) is 0 Å². The number of anilines is 1. The van der Waals surface area contributed by atoms with E-state index < -0.39 is 16.1 Å². The summed E-state index contributed by atoms with van der Waals surface area (Å²) in [6, 6.07) is 12.1. The SMILES string of the molecule is O=C(CN1CCCN(Cc2ccc(Cl)cc2)S1(=O)=O)Nc1ccc2c(c1)OCO2. The van der Waals surface area contributed by atoms with E-state index in [1.807, 2.05) is 0 Å². The Balaban J connectivity index is 1.41. The summed E-state index contributed by atoms with van der Waals surface area (Å²) >= 11 is 5.89. The predicted molar refractivity (Wildman–Crippen MR) is 108 cm³/mol. The van der Waals surface area contributed by atoms with Crippen molar-refractivity contribution in [1.29, 1.82) is 0 Å². The van der Waals surface area contributed by atoms with E-state index in [1.54, 1.807) is 42.5 Å². The monoisotopic (exact) mass is 437 g/mol. The summed E-state index contributed by atoms with van der Waals surface area (Å²) in [6.45, 7) is 0.829. The van der Waals surface area contributed by atoms with E-state index in [2.05, 4.69) is 5.32 Å². The summed E-state index contributed by atoms with van der Waals surface area (Å²) in [5.41, 5.74) is 1.36. The van der Waals surface area contributed by atoms with Gasteiger partial charge in [-0.25, -0.2) is 0 Å². The molecule has 1 amide bonds. The number of benzene rings is 2.